The van der Waals surface area contributed by atoms with E-state index in [4.69, 9.17) is 4.74 Å². The van der Waals surface area contributed by atoms with Crippen molar-refractivity contribution in [2.45, 2.75) is 6.04 Å². The molecule has 4 nitrogen and oxygen atoms in total. The summed E-state index contributed by atoms with van der Waals surface area (Å²) >= 11 is 1.68. The number of carbonyl (C=O) groups excluding carboxylic acids is 1. The summed E-state index contributed by atoms with van der Waals surface area (Å²) < 4.78 is 18.4. The molecule has 1 N–H and O–H groups in total. The molecule has 98 valence electrons. The molecule has 1 aromatic carbocycles. The molecule has 1 aliphatic rings. The first kappa shape index (κ1) is 13.2. The van der Waals surface area contributed by atoms with Gasteiger partial charge in [-0.2, -0.15) is 0 Å². The molecule has 2 rings (SSSR count). The molecule has 6 heteroatoms. The third-order valence-corrected chi connectivity index (χ3v) is 3.81. The van der Waals surface area contributed by atoms with Crippen LogP contribution >= 0.6 is 11.8 Å². The fourth-order valence-electron chi connectivity index (χ4n) is 1.78. The van der Waals surface area contributed by atoms with Crippen LogP contribution in [0.5, 0.6) is 5.75 Å². The Morgan fingerprint density at radius 3 is 2.94 bits per heavy atom. The van der Waals surface area contributed by atoms with Gasteiger partial charge in [-0.1, -0.05) is 0 Å². The first-order valence-electron chi connectivity index (χ1n) is 5.55. The van der Waals surface area contributed by atoms with E-state index in [-0.39, 0.29) is 17.7 Å². The summed E-state index contributed by atoms with van der Waals surface area (Å²) in [5.41, 5.74) is 0.525. The van der Waals surface area contributed by atoms with Crippen molar-refractivity contribution >= 4 is 23.4 Å². The van der Waals surface area contributed by atoms with Gasteiger partial charge in [0.05, 0.1) is 13.2 Å². The van der Waals surface area contributed by atoms with E-state index in [0.717, 1.165) is 11.6 Å². The third kappa shape index (κ3) is 2.59. The van der Waals surface area contributed by atoms with E-state index in [1.165, 1.54) is 24.1 Å². The number of halogens is 1. The average molecular weight is 270 g/mol. The number of thioether (sulfide) groups is 1. The van der Waals surface area contributed by atoms with Crippen LogP contribution in [-0.2, 0) is 4.79 Å². The molecule has 1 atom stereocenters. The average Bonchev–Trinajstić information content (AvgIpc) is 2.90. The minimum Gasteiger partial charge on any atom is -0.494 e. The van der Waals surface area contributed by atoms with Gasteiger partial charge < -0.3 is 9.64 Å². The van der Waals surface area contributed by atoms with Gasteiger partial charge in [-0.25, -0.2) is 4.39 Å². The minimum absolute atomic E-state index is 0.0513. The van der Waals surface area contributed by atoms with Crippen molar-refractivity contribution in [3.63, 3.8) is 0 Å². The highest BCUT2D eigenvalue weighted by atomic mass is 32.2. The van der Waals surface area contributed by atoms with E-state index >= 15 is 0 Å². The van der Waals surface area contributed by atoms with Crippen molar-refractivity contribution in [2.75, 3.05) is 30.7 Å². The summed E-state index contributed by atoms with van der Waals surface area (Å²) in [6.45, 7) is 0. The molecule has 1 saturated heterocycles. The molecule has 0 radical (unpaired) electrons. The standard InChI is InChI=1S/C12H15FN2O2S/c1-15(12(16)10-6-18-7-14-10)8-3-4-11(17-2)9(13)5-8/h3-5,10,14H,6-7H2,1-2H3. The quantitative estimate of drug-likeness (QED) is 0.903. The van der Waals surface area contributed by atoms with E-state index in [9.17, 15) is 9.18 Å². The van der Waals surface area contributed by atoms with Crippen LogP contribution in [0.3, 0.4) is 0 Å². The number of hydrogen-bond donors (Lipinski definition) is 1. The van der Waals surface area contributed by atoms with E-state index < -0.39 is 5.82 Å². The van der Waals surface area contributed by atoms with Crippen molar-refractivity contribution in [2.24, 2.45) is 0 Å². The van der Waals surface area contributed by atoms with Gasteiger partial charge in [-0.15, -0.1) is 11.8 Å². The maximum absolute atomic E-state index is 13.6. The summed E-state index contributed by atoms with van der Waals surface area (Å²) in [6, 6.07) is 4.30. The number of benzene rings is 1. The fourth-order valence-corrected chi connectivity index (χ4v) is 2.71. The van der Waals surface area contributed by atoms with Gasteiger partial charge in [0.15, 0.2) is 11.6 Å². The molecular weight excluding hydrogens is 255 g/mol. The van der Waals surface area contributed by atoms with Crippen LogP contribution in [-0.4, -0.2) is 37.7 Å². The van der Waals surface area contributed by atoms with Crippen LogP contribution in [0.4, 0.5) is 10.1 Å². The lowest BCUT2D eigenvalue weighted by Crippen LogP contribution is -2.43. The number of likely N-dealkylation sites (N-methyl/N-ethyl adjacent to an activating group) is 1. The Labute approximate surface area is 109 Å². The number of ether oxygens (including phenoxy) is 1. The number of nitrogens with one attached hydrogen (secondary N) is 1. The highest BCUT2D eigenvalue weighted by Crippen LogP contribution is 2.24. The first-order chi connectivity index (χ1) is 8.63. The monoisotopic (exact) mass is 270 g/mol. The number of amides is 1. The van der Waals surface area contributed by atoms with E-state index in [2.05, 4.69) is 5.32 Å². The Morgan fingerprint density at radius 2 is 2.39 bits per heavy atom. The lowest BCUT2D eigenvalue weighted by atomic mass is 10.2. The summed E-state index contributed by atoms with van der Waals surface area (Å²) in [7, 11) is 3.06. The molecule has 0 saturated carbocycles. The molecule has 1 fully saturated rings. The first-order valence-corrected chi connectivity index (χ1v) is 6.71. The molecule has 1 heterocycles. The second-order valence-electron chi connectivity index (χ2n) is 3.99. The summed E-state index contributed by atoms with van der Waals surface area (Å²) in [5.74, 6) is 1.19. The van der Waals surface area contributed by atoms with Crippen LogP contribution in [0.25, 0.3) is 0 Å². The lowest BCUT2D eigenvalue weighted by Gasteiger charge is -2.21. The third-order valence-electron chi connectivity index (χ3n) is 2.87. The largest absolute Gasteiger partial charge is 0.494 e. The Balaban J connectivity index is 2.15. The zero-order valence-corrected chi connectivity index (χ0v) is 11.1. The Hall–Kier alpha value is -1.27. The second kappa shape index (κ2) is 5.58. The summed E-state index contributed by atoms with van der Waals surface area (Å²) in [5, 5.41) is 3.10. The Bertz CT molecular complexity index is 450. The summed E-state index contributed by atoms with van der Waals surface area (Å²) in [6.07, 6.45) is 0. The Morgan fingerprint density at radius 1 is 1.61 bits per heavy atom. The Kier molecular flexibility index (Phi) is 4.08. The topological polar surface area (TPSA) is 41.6 Å². The van der Waals surface area contributed by atoms with Crippen LogP contribution in [0, 0.1) is 5.82 Å². The van der Waals surface area contributed by atoms with Gasteiger partial charge in [0.2, 0.25) is 5.91 Å². The molecule has 18 heavy (non-hydrogen) atoms. The molecule has 1 unspecified atom stereocenters. The van der Waals surface area contributed by atoms with Crippen molar-refractivity contribution in [3.05, 3.63) is 24.0 Å². The number of hydrogen-bond acceptors (Lipinski definition) is 4. The molecule has 0 spiro atoms. The molecule has 1 aromatic rings. The molecular formula is C12H15FN2O2S. The number of rotatable bonds is 3. The predicted octanol–water partition coefficient (Wildman–Crippen LogP) is 1.46. The van der Waals surface area contributed by atoms with Gasteiger partial charge in [-0.05, 0) is 12.1 Å². The maximum atomic E-state index is 13.6. The maximum Gasteiger partial charge on any atom is 0.244 e. The molecule has 1 aliphatic heterocycles. The molecule has 0 aliphatic carbocycles. The van der Waals surface area contributed by atoms with Crippen molar-refractivity contribution in [1.82, 2.24) is 5.32 Å². The zero-order chi connectivity index (χ0) is 13.1. The van der Waals surface area contributed by atoms with Gasteiger partial charge in [-0.3, -0.25) is 10.1 Å². The minimum atomic E-state index is -0.469. The van der Waals surface area contributed by atoms with Crippen LogP contribution in [0.15, 0.2) is 18.2 Å². The number of methoxy groups -OCH3 is 1. The molecule has 0 bridgehead atoms. The van der Waals surface area contributed by atoms with Crippen LogP contribution in [0.1, 0.15) is 0 Å². The van der Waals surface area contributed by atoms with E-state index in [1.807, 2.05) is 0 Å². The van der Waals surface area contributed by atoms with Gasteiger partial charge in [0, 0.05) is 30.4 Å². The van der Waals surface area contributed by atoms with Crippen LogP contribution < -0.4 is 15.0 Å². The van der Waals surface area contributed by atoms with Crippen LogP contribution in [0.2, 0.25) is 0 Å². The SMILES string of the molecule is COc1ccc(N(C)C(=O)C2CSCN2)cc1F. The van der Waals surface area contributed by atoms with Crippen molar-refractivity contribution in [1.29, 1.82) is 0 Å². The van der Waals surface area contributed by atoms with E-state index in [1.54, 1.807) is 24.9 Å². The smallest absolute Gasteiger partial charge is 0.244 e. The number of carbonyl (C=O) groups is 1. The lowest BCUT2D eigenvalue weighted by molar-refractivity contribution is -0.119. The molecule has 1 amide bonds. The van der Waals surface area contributed by atoms with Crippen molar-refractivity contribution in [3.8, 4) is 5.75 Å². The van der Waals surface area contributed by atoms with Gasteiger partial charge >= 0.3 is 0 Å². The molecule has 0 aromatic heterocycles. The predicted molar refractivity (Wildman–Crippen MR) is 70.6 cm³/mol. The fraction of sp³-hybridized carbons (Fsp3) is 0.417. The highest BCUT2D eigenvalue weighted by Gasteiger charge is 2.26. The zero-order valence-electron chi connectivity index (χ0n) is 10.3. The second-order valence-corrected chi connectivity index (χ2v) is 5.02. The highest BCUT2D eigenvalue weighted by molar-refractivity contribution is 7.99. The van der Waals surface area contributed by atoms with Gasteiger partial charge in [0.1, 0.15) is 0 Å². The normalized spacial score (nSPS) is 18.7. The van der Waals surface area contributed by atoms with Gasteiger partial charge in [0.25, 0.3) is 0 Å². The van der Waals surface area contributed by atoms with Crippen molar-refractivity contribution < 1.29 is 13.9 Å². The van der Waals surface area contributed by atoms with E-state index in [0.29, 0.717) is 5.69 Å². The number of anilines is 1. The number of nitrogens with zero attached hydrogens (tertiary/aromatic N) is 1. The summed E-state index contributed by atoms with van der Waals surface area (Å²) in [4.78, 5) is 13.6.